The Labute approximate surface area is 114 Å². The van der Waals surface area contributed by atoms with Gasteiger partial charge in [0.05, 0.1) is 6.61 Å². The second-order valence-electron chi connectivity index (χ2n) is 3.80. The van der Waals surface area contributed by atoms with Crippen molar-refractivity contribution in [3.63, 3.8) is 0 Å². The van der Waals surface area contributed by atoms with E-state index in [1.54, 1.807) is 18.2 Å². The van der Waals surface area contributed by atoms with Crippen LogP contribution in [0, 0.1) is 6.92 Å². The molecule has 0 atom stereocenters. The first-order chi connectivity index (χ1) is 9.08. The van der Waals surface area contributed by atoms with Crippen molar-refractivity contribution in [2.75, 3.05) is 17.7 Å². The Morgan fingerprint density at radius 2 is 2.21 bits per heavy atom. The van der Waals surface area contributed by atoms with Crippen LogP contribution >= 0.6 is 11.3 Å². The number of nitrogens with two attached hydrogens (primary N) is 1. The standard InChI is InChI=1S/C12H14N4O2S/c1-3-18-10-5-8(4-9(13)6-10)11(17)14-12-16-15-7(2)19-12/h4-6H,3,13H2,1-2H3,(H,14,16,17). The Morgan fingerprint density at radius 1 is 1.42 bits per heavy atom. The van der Waals surface area contributed by atoms with Gasteiger partial charge in [-0.15, -0.1) is 10.2 Å². The van der Waals surface area contributed by atoms with Gasteiger partial charge in [0.2, 0.25) is 5.13 Å². The molecule has 0 fully saturated rings. The SMILES string of the molecule is CCOc1cc(N)cc(C(=O)Nc2nnc(C)s2)c1. The molecule has 0 unspecified atom stereocenters. The number of carbonyl (C=O) groups excluding carboxylic acids is 1. The molecule has 0 saturated heterocycles. The summed E-state index contributed by atoms with van der Waals surface area (Å²) in [5, 5.41) is 11.6. The van der Waals surface area contributed by atoms with Crippen LogP contribution in [0.5, 0.6) is 5.75 Å². The molecule has 0 aliphatic rings. The average Bonchev–Trinajstić information content (AvgIpc) is 2.74. The van der Waals surface area contributed by atoms with Gasteiger partial charge in [-0.05, 0) is 26.0 Å². The van der Waals surface area contributed by atoms with E-state index in [1.165, 1.54) is 11.3 Å². The Bertz CT molecular complexity index is 597. The lowest BCUT2D eigenvalue weighted by atomic mass is 10.2. The van der Waals surface area contributed by atoms with Gasteiger partial charge in [0.25, 0.3) is 5.91 Å². The summed E-state index contributed by atoms with van der Waals surface area (Å²) in [5.41, 5.74) is 6.64. The van der Waals surface area contributed by atoms with Gasteiger partial charge < -0.3 is 10.5 Å². The maximum atomic E-state index is 12.0. The van der Waals surface area contributed by atoms with E-state index in [-0.39, 0.29) is 5.91 Å². The molecule has 0 bridgehead atoms. The summed E-state index contributed by atoms with van der Waals surface area (Å²) in [6, 6.07) is 4.91. The maximum Gasteiger partial charge on any atom is 0.257 e. The monoisotopic (exact) mass is 278 g/mol. The summed E-state index contributed by atoms with van der Waals surface area (Å²) in [5.74, 6) is 0.283. The summed E-state index contributed by atoms with van der Waals surface area (Å²) in [6.45, 7) is 4.20. The molecule has 2 aromatic rings. The number of benzene rings is 1. The lowest BCUT2D eigenvalue weighted by molar-refractivity contribution is 0.102. The lowest BCUT2D eigenvalue weighted by Gasteiger charge is -2.07. The van der Waals surface area contributed by atoms with Gasteiger partial charge in [-0.3, -0.25) is 10.1 Å². The molecule has 1 aromatic carbocycles. The van der Waals surface area contributed by atoms with Gasteiger partial charge >= 0.3 is 0 Å². The molecule has 1 heterocycles. The number of carbonyl (C=O) groups is 1. The number of anilines is 2. The average molecular weight is 278 g/mol. The normalized spacial score (nSPS) is 10.2. The van der Waals surface area contributed by atoms with Crippen LogP contribution in [0.2, 0.25) is 0 Å². The molecule has 100 valence electrons. The van der Waals surface area contributed by atoms with E-state index in [0.717, 1.165) is 5.01 Å². The maximum absolute atomic E-state index is 12.0. The summed E-state index contributed by atoms with van der Waals surface area (Å²) >= 11 is 1.31. The second-order valence-corrected chi connectivity index (χ2v) is 4.99. The third-order valence-corrected chi connectivity index (χ3v) is 3.00. The van der Waals surface area contributed by atoms with Gasteiger partial charge in [-0.25, -0.2) is 0 Å². The Kier molecular flexibility index (Phi) is 3.96. The fourth-order valence-corrected chi connectivity index (χ4v) is 2.11. The molecule has 0 aliphatic heterocycles. The van der Waals surface area contributed by atoms with Crippen LogP contribution in [-0.2, 0) is 0 Å². The van der Waals surface area contributed by atoms with E-state index in [9.17, 15) is 4.79 Å². The molecule has 0 saturated carbocycles. The minimum atomic E-state index is -0.288. The van der Waals surface area contributed by atoms with E-state index >= 15 is 0 Å². The highest BCUT2D eigenvalue weighted by Crippen LogP contribution is 2.21. The summed E-state index contributed by atoms with van der Waals surface area (Å²) in [6.07, 6.45) is 0. The van der Waals surface area contributed by atoms with E-state index < -0.39 is 0 Å². The van der Waals surface area contributed by atoms with Crippen molar-refractivity contribution < 1.29 is 9.53 Å². The minimum Gasteiger partial charge on any atom is -0.494 e. The van der Waals surface area contributed by atoms with Crippen molar-refractivity contribution in [3.8, 4) is 5.75 Å². The van der Waals surface area contributed by atoms with Gasteiger partial charge in [-0.1, -0.05) is 11.3 Å². The Balaban J connectivity index is 2.18. The highest BCUT2D eigenvalue weighted by atomic mass is 32.1. The van der Waals surface area contributed by atoms with Crippen LogP contribution in [0.15, 0.2) is 18.2 Å². The molecule has 2 rings (SSSR count). The smallest absolute Gasteiger partial charge is 0.257 e. The fourth-order valence-electron chi connectivity index (χ4n) is 1.52. The van der Waals surface area contributed by atoms with Crippen molar-refractivity contribution in [2.45, 2.75) is 13.8 Å². The molecule has 0 radical (unpaired) electrons. The van der Waals surface area contributed by atoms with Crippen molar-refractivity contribution in [1.29, 1.82) is 0 Å². The predicted octanol–water partition coefficient (Wildman–Crippen LogP) is 2.08. The second kappa shape index (κ2) is 5.66. The molecule has 7 heteroatoms. The molecule has 6 nitrogen and oxygen atoms in total. The zero-order valence-electron chi connectivity index (χ0n) is 10.6. The van der Waals surface area contributed by atoms with Crippen LogP contribution in [0.25, 0.3) is 0 Å². The number of amides is 1. The van der Waals surface area contributed by atoms with Gasteiger partial charge in [0, 0.05) is 17.3 Å². The predicted molar refractivity (Wildman–Crippen MR) is 74.6 cm³/mol. The van der Waals surface area contributed by atoms with E-state index in [0.29, 0.717) is 28.7 Å². The van der Waals surface area contributed by atoms with Gasteiger partial charge in [-0.2, -0.15) is 0 Å². The number of nitrogens with zero attached hydrogens (tertiary/aromatic N) is 2. The third-order valence-electron chi connectivity index (χ3n) is 2.25. The van der Waals surface area contributed by atoms with Crippen molar-refractivity contribution in [3.05, 3.63) is 28.8 Å². The molecular weight excluding hydrogens is 264 g/mol. The topological polar surface area (TPSA) is 90.1 Å². The molecule has 19 heavy (non-hydrogen) atoms. The Hall–Kier alpha value is -2.15. The molecule has 1 aromatic heterocycles. The van der Waals surface area contributed by atoms with Gasteiger partial charge in [0.15, 0.2) is 0 Å². The number of ether oxygens (including phenoxy) is 1. The number of aromatic nitrogens is 2. The fraction of sp³-hybridized carbons (Fsp3) is 0.250. The minimum absolute atomic E-state index is 0.288. The van der Waals surface area contributed by atoms with Crippen molar-refractivity contribution in [1.82, 2.24) is 10.2 Å². The van der Waals surface area contributed by atoms with Crippen LogP contribution in [-0.4, -0.2) is 22.7 Å². The van der Waals surface area contributed by atoms with Crippen LogP contribution < -0.4 is 15.8 Å². The van der Waals surface area contributed by atoms with E-state index in [2.05, 4.69) is 15.5 Å². The molecule has 1 amide bonds. The summed E-state index contributed by atoms with van der Waals surface area (Å²) < 4.78 is 5.35. The van der Waals surface area contributed by atoms with E-state index in [1.807, 2.05) is 13.8 Å². The van der Waals surface area contributed by atoms with Crippen LogP contribution in [0.1, 0.15) is 22.3 Å². The van der Waals surface area contributed by atoms with Crippen LogP contribution in [0.4, 0.5) is 10.8 Å². The highest BCUT2D eigenvalue weighted by molar-refractivity contribution is 7.15. The third kappa shape index (κ3) is 3.41. The highest BCUT2D eigenvalue weighted by Gasteiger charge is 2.11. The number of hydrogen-bond acceptors (Lipinski definition) is 6. The van der Waals surface area contributed by atoms with Crippen molar-refractivity contribution in [2.24, 2.45) is 0 Å². The molecule has 0 spiro atoms. The van der Waals surface area contributed by atoms with Crippen LogP contribution in [0.3, 0.4) is 0 Å². The number of aryl methyl sites for hydroxylation is 1. The summed E-state index contributed by atoms with van der Waals surface area (Å²) in [4.78, 5) is 12.0. The number of nitrogens with one attached hydrogen (secondary N) is 1. The quantitative estimate of drug-likeness (QED) is 0.836. The zero-order valence-corrected chi connectivity index (χ0v) is 11.5. The first-order valence-electron chi connectivity index (χ1n) is 5.73. The molecule has 0 aliphatic carbocycles. The Morgan fingerprint density at radius 3 is 2.84 bits per heavy atom. The van der Waals surface area contributed by atoms with Crippen molar-refractivity contribution >= 4 is 28.1 Å². The number of rotatable bonds is 4. The molecule has 3 N–H and O–H groups in total. The number of hydrogen-bond donors (Lipinski definition) is 2. The summed E-state index contributed by atoms with van der Waals surface area (Å²) in [7, 11) is 0. The first-order valence-corrected chi connectivity index (χ1v) is 6.55. The molecular formula is C12H14N4O2S. The largest absolute Gasteiger partial charge is 0.494 e. The zero-order chi connectivity index (χ0) is 13.8. The lowest BCUT2D eigenvalue weighted by Crippen LogP contribution is -2.12. The van der Waals surface area contributed by atoms with Gasteiger partial charge in [0.1, 0.15) is 10.8 Å². The van der Waals surface area contributed by atoms with E-state index in [4.69, 9.17) is 10.5 Å². The first kappa shape index (κ1) is 13.3. The number of nitrogen functional groups attached to an aromatic ring is 1.